The van der Waals surface area contributed by atoms with Gasteiger partial charge in [-0.1, -0.05) is 6.92 Å². The molecule has 21 heavy (non-hydrogen) atoms. The van der Waals surface area contributed by atoms with Crippen LogP contribution < -0.4 is 10.6 Å². The van der Waals surface area contributed by atoms with Gasteiger partial charge in [-0.15, -0.1) is 11.3 Å². The summed E-state index contributed by atoms with van der Waals surface area (Å²) in [6, 6.07) is 3.67. The normalized spacial score (nSPS) is 22.7. The van der Waals surface area contributed by atoms with Crippen molar-refractivity contribution in [1.82, 2.24) is 4.98 Å². The Morgan fingerprint density at radius 3 is 2.95 bits per heavy atom. The molecule has 0 amide bonds. The van der Waals surface area contributed by atoms with Crippen molar-refractivity contribution in [1.29, 1.82) is 0 Å². The fraction of sp³-hybridized carbons (Fsp3) is 0.500. The predicted molar refractivity (Wildman–Crippen MR) is 85.0 cm³/mol. The zero-order chi connectivity index (χ0) is 15.1. The van der Waals surface area contributed by atoms with Gasteiger partial charge in [0, 0.05) is 25.2 Å². The molecule has 1 fully saturated rings. The number of hydrogen-bond acceptors (Lipinski definition) is 6. The zero-order valence-corrected chi connectivity index (χ0v) is 12.9. The number of piperidine rings is 1. The number of nitro groups is 1. The van der Waals surface area contributed by atoms with E-state index in [2.05, 4.69) is 16.8 Å². The summed E-state index contributed by atoms with van der Waals surface area (Å²) in [5.41, 5.74) is 7.70. The SMILES string of the molecule is Cc1nc2cc(N3CCC(N)C(C)C3)c([N+](=O)[O-])cc2s1. The van der Waals surface area contributed by atoms with Gasteiger partial charge in [0.2, 0.25) is 0 Å². The van der Waals surface area contributed by atoms with Crippen LogP contribution in [0.5, 0.6) is 0 Å². The van der Waals surface area contributed by atoms with E-state index in [0.717, 1.165) is 34.7 Å². The number of nitro benzene ring substituents is 1. The maximum Gasteiger partial charge on any atom is 0.294 e. The predicted octanol–water partition coefficient (Wildman–Crippen LogP) is 2.69. The van der Waals surface area contributed by atoms with Gasteiger partial charge in [0.1, 0.15) is 5.69 Å². The van der Waals surface area contributed by atoms with Gasteiger partial charge in [0.05, 0.1) is 20.1 Å². The van der Waals surface area contributed by atoms with Crippen LogP contribution in [0.4, 0.5) is 11.4 Å². The molecule has 2 heterocycles. The molecule has 1 aromatic carbocycles. The average Bonchev–Trinajstić information content (AvgIpc) is 2.79. The van der Waals surface area contributed by atoms with Crippen molar-refractivity contribution >= 4 is 32.9 Å². The quantitative estimate of drug-likeness (QED) is 0.681. The number of benzene rings is 1. The van der Waals surface area contributed by atoms with Gasteiger partial charge in [-0.3, -0.25) is 10.1 Å². The van der Waals surface area contributed by atoms with Crippen LogP contribution in [0.15, 0.2) is 12.1 Å². The van der Waals surface area contributed by atoms with E-state index in [-0.39, 0.29) is 16.7 Å². The monoisotopic (exact) mass is 306 g/mol. The first-order chi connectivity index (χ1) is 9.95. The van der Waals surface area contributed by atoms with Crippen LogP contribution in [0, 0.1) is 23.0 Å². The Hall–Kier alpha value is -1.73. The molecule has 1 aromatic heterocycles. The van der Waals surface area contributed by atoms with Crippen molar-refractivity contribution in [2.75, 3.05) is 18.0 Å². The molecule has 112 valence electrons. The second-order valence-corrected chi connectivity index (χ2v) is 6.91. The van der Waals surface area contributed by atoms with E-state index in [1.54, 1.807) is 6.07 Å². The first-order valence-electron chi connectivity index (χ1n) is 7.02. The van der Waals surface area contributed by atoms with Crippen LogP contribution in [-0.2, 0) is 0 Å². The molecule has 1 saturated heterocycles. The van der Waals surface area contributed by atoms with Crippen LogP contribution in [-0.4, -0.2) is 29.0 Å². The Balaban J connectivity index is 2.07. The zero-order valence-electron chi connectivity index (χ0n) is 12.1. The third-order valence-electron chi connectivity index (χ3n) is 4.10. The number of anilines is 1. The Morgan fingerprint density at radius 2 is 2.29 bits per heavy atom. The number of nitrogens with zero attached hydrogens (tertiary/aromatic N) is 3. The molecule has 2 atom stereocenters. The molecule has 0 spiro atoms. The van der Waals surface area contributed by atoms with E-state index in [1.165, 1.54) is 11.3 Å². The highest BCUT2D eigenvalue weighted by Gasteiger charge is 2.28. The van der Waals surface area contributed by atoms with Gasteiger partial charge in [-0.25, -0.2) is 4.98 Å². The molecule has 2 aromatic rings. The topological polar surface area (TPSA) is 85.3 Å². The second-order valence-electron chi connectivity index (χ2n) is 5.67. The smallest absolute Gasteiger partial charge is 0.294 e. The van der Waals surface area contributed by atoms with Gasteiger partial charge < -0.3 is 10.6 Å². The highest BCUT2D eigenvalue weighted by Crippen LogP contribution is 2.36. The average molecular weight is 306 g/mol. The third-order valence-corrected chi connectivity index (χ3v) is 5.03. The molecular weight excluding hydrogens is 288 g/mol. The van der Waals surface area contributed by atoms with Crippen LogP contribution >= 0.6 is 11.3 Å². The Morgan fingerprint density at radius 1 is 1.52 bits per heavy atom. The highest BCUT2D eigenvalue weighted by atomic mass is 32.1. The molecular formula is C14H18N4O2S. The lowest BCUT2D eigenvalue weighted by molar-refractivity contribution is -0.384. The van der Waals surface area contributed by atoms with Crippen LogP contribution in [0.3, 0.4) is 0 Å². The van der Waals surface area contributed by atoms with Crippen LogP contribution in [0.2, 0.25) is 0 Å². The molecule has 0 saturated carbocycles. The summed E-state index contributed by atoms with van der Waals surface area (Å²) in [6.07, 6.45) is 0.854. The summed E-state index contributed by atoms with van der Waals surface area (Å²) in [4.78, 5) is 17.6. The van der Waals surface area contributed by atoms with Gasteiger partial charge in [0.25, 0.3) is 5.69 Å². The maximum absolute atomic E-state index is 11.4. The number of aryl methyl sites for hydroxylation is 1. The van der Waals surface area contributed by atoms with Crippen molar-refractivity contribution in [3.8, 4) is 0 Å². The van der Waals surface area contributed by atoms with Gasteiger partial charge in [0.15, 0.2) is 0 Å². The molecule has 1 aliphatic rings. The fourth-order valence-corrected chi connectivity index (χ4v) is 3.69. The van der Waals surface area contributed by atoms with Crippen LogP contribution in [0.25, 0.3) is 10.2 Å². The van der Waals surface area contributed by atoms with E-state index in [1.807, 2.05) is 13.0 Å². The van der Waals surface area contributed by atoms with Crippen molar-refractivity contribution in [3.05, 3.63) is 27.3 Å². The number of aromatic nitrogens is 1. The minimum absolute atomic E-state index is 0.161. The van der Waals surface area contributed by atoms with Crippen molar-refractivity contribution < 1.29 is 4.92 Å². The van der Waals surface area contributed by atoms with Gasteiger partial charge in [-0.05, 0) is 25.3 Å². The summed E-state index contributed by atoms with van der Waals surface area (Å²) in [5, 5.41) is 12.3. The van der Waals surface area contributed by atoms with E-state index in [0.29, 0.717) is 11.6 Å². The van der Waals surface area contributed by atoms with Crippen molar-refractivity contribution in [3.63, 3.8) is 0 Å². The summed E-state index contributed by atoms with van der Waals surface area (Å²) in [6.45, 7) is 5.50. The largest absolute Gasteiger partial charge is 0.366 e. The fourth-order valence-electron chi connectivity index (χ4n) is 2.85. The van der Waals surface area contributed by atoms with Crippen molar-refractivity contribution in [2.45, 2.75) is 26.3 Å². The van der Waals surface area contributed by atoms with E-state index >= 15 is 0 Å². The Labute approximate surface area is 126 Å². The number of rotatable bonds is 2. The lowest BCUT2D eigenvalue weighted by Crippen LogP contribution is -2.46. The molecule has 1 aliphatic heterocycles. The Kier molecular flexibility index (Phi) is 3.54. The molecule has 6 nitrogen and oxygen atoms in total. The number of thiazole rings is 1. The molecule has 2 N–H and O–H groups in total. The lowest BCUT2D eigenvalue weighted by atomic mass is 9.94. The highest BCUT2D eigenvalue weighted by molar-refractivity contribution is 7.18. The molecule has 0 bridgehead atoms. The van der Waals surface area contributed by atoms with E-state index in [9.17, 15) is 10.1 Å². The third kappa shape index (κ3) is 2.58. The molecule has 3 rings (SSSR count). The molecule has 2 unspecified atom stereocenters. The number of fused-ring (bicyclic) bond motifs is 1. The lowest BCUT2D eigenvalue weighted by Gasteiger charge is -2.36. The minimum Gasteiger partial charge on any atom is -0.366 e. The minimum atomic E-state index is -0.303. The summed E-state index contributed by atoms with van der Waals surface area (Å²) in [7, 11) is 0. The summed E-state index contributed by atoms with van der Waals surface area (Å²) < 4.78 is 0.865. The standard InChI is InChI=1S/C14H18N4O2S/c1-8-7-17(4-3-10(8)15)12-5-11-14(21-9(2)16-11)6-13(12)18(19)20/h5-6,8,10H,3-4,7,15H2,1-2H3. The van der Waals surface area contributed by atoms with E-state index in [4.69, 9.17) is 5.73 Å². The number of nitrogens with two attached hydrogens (primary N) is 1. The van der Waals surface area contributed by atoms with Crippen LogP contribution in [0.1, 0.15) is 18.4 Å². The van der Waals surface area contributed by atoms with Gasteiger partial charge >= 0.3 is 0 Å². The van der Waals surface area contributed by atoms with Gasteiger partial charge in [-0.2, -0.15) is 0 Å². The second kappa shape index (κ2) is 5.23. The summed E-state index contributed by atoms with van der Waals surface area (Å²) in [5.74, 6) is 0.325. The first-order valence-corrected chi connectivity index (χ1v) is 7.83. The molecule has 0 aliphatic carbocycles. The van der Waals surface area contributed by atoms with Crippen molar-refractivity contribution in [2.24, 2.45) is 11.7 Å². The summed E-state index contributed by atoms with van der Waals surface area (Å²) >= 11 is 1.49. The molecule has 7 heteroatoms. The molecule has 0 radical (unpaired) electrons. The first kappa shape index (κ1) is 14.2. The maximum atomic E-state index is 11.4. The number of hydrogen-bond donors (Lipinski definition) is 1. The Bertz CT molecular complexity index is 700. The van der Waals surface area contributed by atoms with E-state index < -0.39 is 0 Å².